The van der Waals surface area contributed by atoms with Crippen molar-refractivity contribution in [2.24, 2.45) is 5.92 Å². The first-order chi connectivity index (χ1) is 14.9. The molecule has 4 rings (SSSR count). The molecule has 0 saturated carbocycles. The number of sulfone groups is 1. The molecule has 2 aromatic rings. The number of piperazine rings is 1. The fourth-order valence-electron chi connectivity index (χ4n) is 4.40. The molecule has 0 radical (unpaired) electrons. The highest BCUT2D eigenvalue weighted by molar-refractivity contribution is 7.91. The largest absolute Gasteiger partial charge is 0.337 e. The molecule has 1 unspecified atom stereocenters. The van der Waals surface area contributed by atoms with E-state index in [2.05, 4.69) is 9.97 Å². The minimum absolute atomic E-state index is 0.0473. The SMILES string of the molecule is CCc1ccc(C2CN(c3ncccn3)CCN2C(=O)C2CCS(=O)(=O)CC2)cc1F. The second-order valence-corrected chi connectivity index (χ2v) is 10.5. The average molecular weight is 447 g/mol. The smallest absolute Gasteiger partial charge is 0.226 e. The van der Waals surface area contributed by atoms with E-state index in [-0.39, 0.29) is 35.2 Å². The van der Waals surface area contributed by atoms with Crippen molar-refractivity contribution >= 4 is 21.7 Å². The number of hydrogen-bond donors (Lipinski definition) is 0. The van der Waals surface area contributed by atoms with Crippen molar-refractivity contribution in [2.45, 2.75) is 32.2 Å². The fraction of sp³-hybridized carbons (Fsp3) is 0.500. The number of aromatic nitrogens is 2. The normalized spacial score (nSPS) is 21.8. The monoisotopic (exact) mass is 446 g/mol. The summed E-state index contributed by atoms with van der Waals surface area (Å²) < 4.78 is 38.2. The zero-order valence-corrected chi connectivity index (χ0v) is 18.4. The van der Waals surface area contributed by atoms with Gasteiger partial charge in [-0.1, -0.05) is 19.1 Å². The van der Waals surface area contributed by atoms with Gasteiger partial charge in [0.2, 0.25) is 11.9 Å². The topological polar surface area (TPSA) is 83.5 Å². The average Bonchev–Trinajstić information content (AvgIpc) is 2.79. The lowest BCUT2D eigenvalue weighted by atomic mass is 9.95. The molecule has 1 atom stereocenters. The van der Waals surface area contributed by atoms with Gasteiger partial charge in [0.05, 0.1) is 17.5 Å². The first kappa shape index (κ1) is 21.7. The maximum absolute atomic E-state index is 14.6. The molecule has 0 spiro atoms. The van der Waals surface area contributed by atoms with E-state index in [1.165, 1.54) is 6.07 Å². The standard InChI is InChI=1S/C22H27FN4O3S/c1-2-16-4-5-18(14-19(16)23)20-15-26(22-24-8-3-9-25-22)10-11-27(20)21(28)17-6-12-31(29,30)13-7-17/h3-5,8-9,14,17,20H,2,6-7,10-13,15H2,1H3. The fourth-order valence-corrected chi connectivity index (χ4v) is 5.89. The highest BCUT2D eigenvalue weighted by atomic mass is 32.2. The summed E-state index contributed by atoms with van der Waals surface area (Å²) in [4.78, 5) is 25.8. The van der Waals surface area contributed by atoms with Crippen molar-refractivity contribution in [1.29, 1.82) is 0 Å². The zero-order valence-electron chi connectivity index (χ0n) is 17.6. The van der Waals surface area contributed by atoms with E-state index in [4.69, 9.17) is 0 Å². The van der Waals surface area contributed by atoms with Crippen LogP contribution in [0.4, 0.5) is 10.3 Å². The molecule has 1 aromatic heterocycles. The number of amides is 1. The number of carbonyl (C=O) groups is 1. The Morgan fingerprint density at radius 3 is 2.52 bits per heavy atom. The van der Waals surface area contributed by atoms with Crippen molar-refractivity contribution in [3.05, 3.63) is 53.6 Å². The number of carbonyl (C=O) groups excluding carboxylic acids is 1. The van der Waals surface area contributed by atoms with Crippen LogP contribution in [-0.2, 0) is 21.1 Å². The van der Waals surface area contributed by atoms with Crippen LogP contribution in [-0.4, -0.2) is 60.3 Å². The maximum atomic E-state index is 14.6. The predicted molar refractivity (Wildman–Crippen MR) is 116 cm³/mol. The highest BCUT2D eigenvalue weighted by Gasteiger charge is 2.38. The third-order valence-corrected chi connectivity index (χ3v) is 7.96. The second-order valence-electron chi connectivity index (χ2n) is 8.17. The van der Waals surface area contributed by atoms with Gasteiger partial charge in [0.25, 0.3) is 0 Å². The molecule has 2 aliphatic rings. The second kappa shape index (κ2) is 8.90. The van der Waals surface area contributed by atoms with Crippen LogP contribution in [0.15, 0.2) is 36.7 Å². The first-order valence-corrected chi connectivity index (χ1v) is 12.5. The molecule has 0 N–H and O–H groups in total. The molecule has 166 valence electrons. The van der Waals surface area contributed by atoms with Gasteiger partial charge in [-0.2, -0.15) is 0 Å². The Kier molecular flexibility index (Phi) is 6.22. The van der Waals surface area contributed by atoms with E-state index in [0.717, 1.165) is 5.56 Å². The summed E-state index contributed by atoms with van der Waals surface area (Å²) in [7, 11) is -3.05. The van der Waals surface area contributed by atoms with Gasteiger partial charge >= 0.3 is 0 Å². The Hall–Kier alpha value is -2.55. The Morgan fingerprint density at radius 2 is 1.87 bits per heavy atom. The van der Waals surface area contributed by atoms with E-state index in [9.17, 15) is 17.6 Å². The number of aryl methyl sites for hydroxylation is 1. The number of halogens is 1. The third-order valence-electron chi connectivity index (χ3n) is 6.25. The van der Waals surface area contributed by atoms with Crippen molar-refractivity contribution in [3.63, 3.8) is 0 Å². The Balaban J connectivity index is 1.62. The van der Waals surface area contributed by atoms with E-state index in [1.54, 1.807) is 29.4 Å². The van der Waals surface area contributed by atoms with Crippen LogP contribution in [0.25, 0.3) is 0 Å². The van der Waals surface area contributed by atoms with Crippen LogP contribution in [0.5, 0.6) is 0 Å². The van der Waals surface area contributed by atoms with Gasteiger partial charge in [0, 0.05) is 37.9 Å². The molecule has 1 aromatic carbocycles. The van der Waals surface area contributed by atoms with Crippen LogP contribution in [0.3, 0.4) is 0 Å². The van der Waals surface area contributed by atoms with Gasteiger partial charge in [-0.05, 0) is 42.5 Å². The van der Waals surface area contributed by atoms with Gasteiger partial charge in [-0.15, -0.1) is 0 Å². The van der Waals surface area contributed by atoms with Crippen LogP contribution < -0.4 is 4.90 Å². The number of hydrogen-bond acceptors (Lipinski definition) is 6. The van der Waals surface area contributed by atoms with Gasteiger partial charge in [-0.3, -0.25) is 4.79 Å². The molecule has 2 fully saturated rings. The molecule has 1 amide bonds. The van der Waals surface area contributed by atoms with Crippen molar-refractivity contribution in [1.82, 2.24) is 14.9 Å². The van der Waals surface area contributed by atoms with Crippen LogP contribution in [0.2, 0.25) is 0 Å². The maximum Gasteiger partial charge on any atom is 0.226 e. The first-order valence-electron chi connectivity index (χ1n) is 10.7. The van der Waals surface area contributed by atoms with Crippen molar-refractivity contribution in [2.75, 3.05) is 36.0 Å². The van der Waals surface area contributed by atoms with Gasteiger partial charge < -0.3 is 9.80 Å². The van der Waals surface area contributed by atoms with E-state index < -0.39 is 9.84 Å². The Morgan fingerprint density at radius 1 is 1.16 bits per heavy atom. The molecule has 2 aliphatic heterocycles. The molecular formula is C22H27FN4O3S. The van der Waals surface area contributed by atoms with E-state index >= 15 is 0 Å². The molecule has 7 nitrogen and oxygen atoms in total. The molecule has 31 heavy (non-hydrogen) atoms. The van der Waals surface area contributed by atoms with Gasteiger partial charge in [0.1, 0.15) is 15.7 Å². The molecule has 3 heterocycles. The minimum atomic E-state index is -3.05. The Bertz CT molecular complexity index is 1030. The number of anilines is 1. The molecular weight excluding hydrogens is 419 g/mol. The zero-order chi connectivity index (χ0) is 22.0. The lowest BCUT2D eigenvalue weighted by Gasteiger charge is -2.43. The summed E-state index contributed by atoms with van der Waals surface area (Å²) in [5.74, 6) is 0.0364. The predicted octanol–water partition coefficient (Wildman–Crippen LogP) is 2.39. The highest BCUT2D eigenvalue weighted by Crippen LogP contribution is 2.32. The lowest BCUT2D eigenvalue weighted by molar-refractivity contribution is -0.138. The van der Waals surface area contributed by atoms with E-state index in [1.807, 2.05) is 17.9 Å². The number of benzene rings is 1. The quantitative estimate of drug-likeness (QED) is 0.717. The van der Waals surface area contributed by atoms with Crippen molar-refractivity contribution in [3.8, 4) is 0 Å². The van der Waals surface area contributed by atoms with Crippen LogP contribution >= 0.6 is 0 Å². The Labute approximate surface area is 182 Å². The lowest BCUT2D eigenvalue weighted by Crippen LogP contribution is -2.53. The summed E-state index contributed by atoms with van der Waals surface area (Å²) in [6.07, 6.45) is 4.64. The number of rotatable bonds is 4. The van der Waals surface area contributed by atoms with E-state index in [0.29, 0.717) is 50.4 Å². The molecule has 9 heteroatoms. The summed E-state index contributed by atoms with van der Waals surface area (Å²) in [5, 5.41) is 0. The summed E-state index contributed by atoms with van der Waals surface area (Å²) in [6, 6.07) is 6.57. The molecule has 0 bridgehead atoms. The third kappa shape index (κ3) is 4.71. The minimum Gasteiger partial charge on any atom is -0.337 e. The molecule has 0 aliphatic carbocycles. The van der Waals surface area contributed by atoms with Crippen LogP contribution in [0.1, 0.15) is 36.9 Å². The summed E-state index contributed by atoms with van der Waals surface area (Å²) in [5.41, 5.74) is 1.37. The summed E-state index contributed by atoms with van der Waals surface area (Å²) >= 11 is 0. The number of nitrogens with zero attached hydrogens (tertiary/aromatic N) is 4. The van der Waals surface area contributed by atoms with Gasteiger partial charge in [0.15, 0.2) is 0 Å². The summed E-state index contributed by atoms with van der Waals surface area (Å²) in [6.45, 7) is 3.36. The molecule has 2 saturated heterocycles. The van der Waals surface area contributed by atoms with Gasteiger partial charge in [-0.25, -0.2) is 22.8 Å². The van der Waals surface area contributed by atoms with Crippen molar-refractivity contribution < 1.29 is 17.6 Å². The van der Waals surface area contributed by atoms with Crippen LogP contribution in [0, 0.1) is 11.7 Å².